The van der Waals surface area contributed by atoms with Gasteiger partial charge in [-0.3, -0.25) is 9.59 Å². The lowest BCUT2D eigenvalue weighted by molar-refractivity contribution is -0.132. The quantitative estimate of drug-likeness (QED) is 0.256. The molecule has 0 aliphatic heterocycles. The topological polar surface area (TPSA) is 52.6 Å². The molecule has 0 amide bonds. The first kappa shape index (κ1) is 23.3. The van der Waals surface area contributed by atoms with E-state index in [1.807, 2.05) is 38.1 Å². The molecular weight excluding hydrogens is 400 g/mol. The lowest BCUT2D eigenvalue weighted by atomic mass is 9.83. The standard InChI is InChI=1S/C28H30O4/c1-17(2)22-7-9-23(10-8-22)28(24-11-13-26(18(3)15-24)31-20(5)29)25-12-14-27(19(4)16-25)32-21(6)30/h7-17,28H,1-6H3. The van der Waals surface area contributed by atoms with Gasteiger partial charge in [-0.05, 0) is 65.3 Å². The van der Waals surface area contributed by atoms with E-state index in [0.717, 1.165) is 27.8 Å². The van der Waals surface area contributed by atoms with Crippen LogP contribution in [0.4, 0.5) is 0 Å². The first-order valence-electron chi connectivity index (χ1n) is 10.8. The molecule has 0 aliphatic rings. The minimum absolute atomic E-state index is 0.0219. The van der Waals surface area contributed by atoms with Crippen LogP contribution in [0.3, 0.4) is 0 Å². The Labute approximate surface area is 190 Å². The Hall–Kier alpha value is -3.40. The van der Waals surface area contributed by atoms with Crippen LogP contribution in [-0.2, 0) is 9.59 Å². The van der Waals surface area contributed by atoms with Gasteiger partial charge in [0.1, 0.15) is 11.5 Å². The summed E-state index contributed by atoms with van der Waals surface area (Å²) >= 11 is 0. The summed E-state index contributed by atoms with van der Waals surface area (Å²) in [6, 6.07) is 20.5. The molecule has 4 heteroatoms. The largest absolute Gasteiger partial charge is 0.426 e. The van der Waals surface area contributed by atoms with Crippen LogP contribution in [0.2, 0.25) is 0 Å². The Kier molecular flexibility index (Phi) is 7.14. The molecule has 0 atom stereocenters. The van der Waals surface area contributed by atoms with Crippen LogP contribution in [0, 0.1) is 13.8 Å². The van der Waals surface area contributed by atoms with Crippen molar-refractivity contribution < 1.29 is 19.1 Å². The third-order valence-corrected chi connectivity index (χ3v) is 5.51. The molecule has 0 fully saturated rings. The highest BCUT2D eigenvalue weighted by Gasteiger charge is 2.20. The van der Waals surface area contributed by atoms with Gasteiger partial charge >= 0.3 is 11.9 Å². The predicted octanol–water partition coefficient (Wildman–Crippen LogP) is 6.46. The summed E-state index contributed by atoms with van der Waals surface area (Å²) in [6.07, 6.45) is 0. The fraction of sp³-hybridized carbons (Fsp3) is 0.286. The molecule has 0 radical (unpaired) electrons. The maximum atomic E-state index is 11.4. The number of hydrogen-bond donors (Lipinski definition) is 0. The highest BCUT2D eigenvalue weighted by molar-refractivity contribution is 5.70. The lowest BCUT2D eigenvalue weighted by Gasteiger charge is -2.22. The van der Waals surface area contributed by atoms with E-state index in [4.69, 9.17) is 9.47 Å². The normalized spacial score (nSPS) is 11.0. The Morgan fingerprint density at radius 3 is 1.34 bits per heavy atom. The minimum Gasteiger partial charge on any atom is -0.426 e. The number of esters is 2. The molecular formula is C28H30O4. The van der Waals surface area contributed by atoms with Gasteiger partial charge in [-0.2, -0.15) is 0 Å². The van der Waals surface area contributed by atoms with Gasteiger partial charge in [0.05, 0.1) is 0 Å². The number of carbonyl (C=O) groups excluding carboxylic acids is 2. The van der Waals surface area contributed by atoms with E-state index in [2.05, 4.69) is 50.2 Å². The Morgan fingerprint density at radius 1 is 0.625 bits per heavy atom. The highest BCUT2D eigenvalue weighted by atomic mass is 16.5. The van der Waals surface area contributed by atoms with E-state index < -0.39 is 0 Å². The second-order valence-corrected chi connectivity index (χ2v) is 8.49. The van der Waals surface area contributed by atoms with Crippen LogP contribution in [0.5, 0.6) is 11.5 Å². The molecule has 0 N–H and O–H groups in total. The Balaban J connectivity index is 2.10. The van der Waals surface area contributed by atoms with Gasteiger partial charge in [0.2, 0.25) is 0 Å². The molecule has 0 saturated carbocycles. The molecule has 0 aliphatic carbocycles. The van der Waals surface area contributed by atoms with Crippen molar-refractivity contribution in [2.24, 2.45) is 0 Å². The molecule has 0 unspecified atom stereocenters. The number of benzene rings is 3. The van der Waals surface area contributed by atoms with E-state index >= 15 is 0 Å². The summed E-state index contributed by atoms with van der Waals surface area (Å²) in [6.45, 7) is 11.0. The van der Waals surface area contributed by atoms with Crippen LogP contribution < -0.4 is 9.47 Å². The van der Waals surface area contributed by atoms with Gasteiger partial charge in [-0.25, -0.2) is 0 Å². The Bertz CT molecular complexity index is 1060. The van der Waals surface area contributed by atoms with Gasteiger partial charge in [0, 0.05) is 19.8 Å². The minimum atomic E-state index is -0.335. The van der Waals surface area contributed by atoms with Gasteiger partial charge in [-0.1, -0.05) is 62.4 Å². The number of carbonyl (C=O) groups is 2. The number of rotatable bonds is 6. The average Bonchev–Trinajstić information content (AvgIpc) is 2.72. The van der Waals surface area contributed by atoms with Gasteiger partial charge in [0.25, 0.3) is 0 Å². The second kappa shape index (κ2) is 9.82. The second-order valence-electron chi connectivity index (χ2n) is 8.49. The van der Waals surface area contributed by atoms with E-state index in [-0.39, 0.29) is 17.9 Å². The molecule has 3 rings (SSSR count). The monoisotopic (exact) mass is 430 g/mol. The van der Waals surface area contributed by atoms with Crippen LogP contribution >= 0.6 is 0 Å². The van der Waals surface area contributed by atoms with E-state index in [0.29, 0.717) is 17.4 Å². The highest BCUT2D eigenvalue weighted by Crippen LogP contribution is 2.36. The van der Waals surface area contributed by atoms with Crippen molar-refractivity contribution in [3.05, 3.63) is 94.0 Å². The number of hydrogen-bond acceptors (Lipinski definition) is 4. The number of aryl methyl sites for hydroxylation is 2. The smallest absolute Gasteiger partial charge is 0.308 e. The van der Waals surface area contributed by atoms with E-state index in [1.165, 1.54) is 19.4 Å². The summed E-state index contributed by atoms with van der Waals surface area (Å²) in [5.41, 5.74) is 6.43. The summed E-state index contributed by atoms with van der Waals surface area (Å²) < 4.78 is 10.6. The van der Waals surface area contributed by atoms with Crippen LogP contribution in [-0.4, -0.2) is 11.9 Å². The fourth-order valence-corrected chi connectivity index (χ4v) is 3.89. The maximum Gasteiger partial charge on any atom is 0.308 e. The van der Waals surface area contributed by atoms with Crippen molar-refractivity contribution in [2.45, 2.75) is 53.4 Å². The zero-order chi connectivity index (χ0) is 23.4. The summed E-state index contributed by atoms with van der Waals surface area (Å²) in [5, 5.41) is 0. The fourth-order valence-electron chi connectivity index (χ4n) is 3.89. The molecule has 3 aromatic rings. The number of ether oxygens (including phenoxy) is 2. The SMILES string of the molecule is CC(=O)Oc1ccc(C(c2ccc(C(C)C)cc2)c2ccc(OC(C)=O)c(C)c2)cc1C. The van der Waals surface area contributed by atoms with Crippen LogP contribution in [0.25, 0.3) is 0 Å². The molecule has 0 saturated heterocycles. The van der Waals surface area contributed by atoms with Crippen molar-refractivity contribution in [1.82, 2.24) is 0 Å². The van der Waals surface area contributed by atoms with Crippen molar-refractivity contribution in [3.8, 4) is 11.5 Å². The van der Waals surface area contributed by atoms with Gasteiger partial charge in [0.15, 0.2) is 0 Å². The summed E-state index contributed by atoms with van der Waals surface area (Å²) in [7, 11) is 0. The molecule has 166 valence electrons. The molecule has 0 aromatic heterocycles. The molecule has 0 heterocycles. The van der Waals surface area contributed by atoms with Crippen molar-refractivity contribution >= 4 is 11.9 Å². The lowest BCUT2D eigenvalue weighted by Crippen LogP contribution is -2.08. The van der Waals surface area contributed by atoms with Crippen molar-refractivity contribution in [2.75, 3.05) is 0 Å². The molecule has 32 heavy (non-hydrogen) atoms. The van der Waals surface area contributed by atoms with E-state index in [1.54, 1.807) is 0 Å². The summed E-state index contributed by atoms with van der Waals surface area (Å²) in [5.74, 6) is 0.897. The molecule has 0 spiro atoms. The Morgan fingerprint density at radius 2 is 1.00 bits per heavy atom. The third-order valence-electron chi connectivity index (χ3n) is 5.51. The molecule has 3 aromatic carbocycles. The zero-order valence-corrected chi connectivity index (χ0v) is 19.6. The van der Waals surface area contributed by atoms with Crippen molar-refractivity contribution in [3.63, 3.8) is 0 Å². The first-order valence-corrected chi connectivity index (χ1v) is 10.8. The predicted molar refractivity (Wildman–Crippen MR) is 126 cm³/mol. The maximum absolute atomic E-state index is 11.4. The van der Waals surface area contributed by atoms with Gasteiger partial charge < -0.3 is 9.47 Å². The van der Waals surface area contributed by atoms with E-state index in [9.17, 15) is 9.59 Å². The average molecular weight is 431 g/mol. The van der Waals surface area contributed by atoms with Crippen LogP contribution in [0.15, 0.2) is 60.7 Å². The molecule has 0 bridgehead atoms. The first-order chi connectivity index (χ1) is 15.2. The van der Waals surface area contributed by atoms with Gasteiger partial charge in [-0.15, -0.1) is 0 Å². The van der Waals surface area contributed by atoms with Crippen LogP contribution in [0.1, 0.15) is 72.9 Å². The zero-order valence-electron chi connectivity index (χ0n) is 19.6. The third kappa shape index (κ3) is 5.44. The van der Waals surface area contributed by atoms with Crippen molar-refractivity contribution in [1.29, 1.82) is 0 Å². The summed E-state index contributed by atoms with van der Waals surface area (Å²) in [4.78, 5) is 22.8. The molecule has 4 nitrogen and oxygen atoms in total.